The summed E-state index contributed by atoms with van der Waals surface area (Å²) in [5, 5.41) is 31.6. The number of urea groups is 1. The maximum Gasteiger partial charge on any atom is 0.328 e. The van der Waals surface area contributed by atoms with Crippen molar-refractivity contribution in [3.05, 3.63) is 34.1 Å². The second kappa shape index (κ2) is 6.43. The molecular formula is C10H10FN3O6. The third-order valence-corrected chi connectivity index (χ3v) is 2.19. The quantitative estimate of drug-likeness (QED) is 0.453. The zero-order valence-corrected chi connectivity index (χ0v) is 9.87. The predicted molar refractivity (Wildman–Crippen MR) is 63.7 cm³/mol. The predicted octanol–water partition coefficient (Wildman–Crippen LogP) is 0.301. The molecule has 1 atom stereocenters. The summed E-state index contributed by atoms with van der Waals surface area (Å²) in [5.41, 5.74) is -0.933. The van der Waals surface area contributed by atoms with Crippen LogP contribution >= 0.6 is 0 Å². The third-order valence-electron chi connectivity index (χ3n) is 2.19. The van der Waals surface area contributed by atoms with Crippen molar-refractivity contribution in [2.45, 2.75) is 6.04 Å². The van der Waals surface area contributed by atoms with Crippen molar-refractivity contribution in [1.82, 2.24) is 5.32 Å². The molecule has 0 heterocycles. The number of nitro groups is 1. The molecule has 1 aromatic carbocycles. The summed E-state index contributed by atoms with van der Waals surface area (Å²) in [4.78, 5) is 31.7. The molecule has 1 aromatic rings. The van der Waals surface area contributed by atoms with Gasteiger partial charge in [0.15, 0.2) is 6.04 Å². The first kappa shape index (κ1) is 15.3. The number of aliphatic hydroxyl groups excluding tert-OH is 1. The Morgan fingerprint density at radius 2 is 2.10 bits per heavy atom. The number of aliphatic hydroxyl groups is 1. The van der Waals surface area contributed by atoms with Crippen LogP contribution < -0.4 is 10.6 Å². The molecule has 9 nitrogen and oxygen atoms in total. The Bertz CT molecular complexity index is 550. The molecule has 0 aliphatic heterocycles. The van der Waals surface area contributed by atoms with Crippen LogP contribution in [0.4, 0.5) is 20.6 Å². The SMILES string of the molecule is O=C(Nc1cc([N+](=O)[O-])ccc1F)N[C@@H](CO)C(=O)O. The lowest BCUT2D eigenvalue weighted by Gasteiger charge is -2.12. The first-order valence-electron chi connectivity index (χ1n) is 5.20. The molecule has 108 valence electrons. The molecule has 1 rings (SSSR count). The first-order chi connectivity index (χ1) is 9.35. The van der Waals surface area contributed by atoms with Crippen LogP contribution in [0.2, 0.25) is 0 Å². The summed E-state index contributed by atoms with van der Waals surface area (Å²) in [6.07, 6.45) is 0. The number of carbonyl (C=O) groups excluding carboxylic acids is 1. The van der Waals surface area contributed by atoms with E-state index < -0.39 is 46.8 Å². The van der Waals surface area contributed by atoms with Gasteiger partial charge in [-0.2, -0.15) is 0 Å². The van der Waals surface area contributed by atoms with Crippen molar-refractivity contribution in [2.24, 2.45) is 0 Å². The molecule has 0 fully saturated rings. The largest absolute Gasteiger partial charge is 0.480 e. The van der Waals surface area contributed by atoms with Gasteiger partial charge >= 0.3 is 12.0 Å². The lowest BCUT2D eigenvalue weighted by Crippen LogP contribution is -2.45. The number of nitro benzene ring substituents is 1. The second-order valence-electron chi connectivity index (χ2n) is 3.59. The Morgan fingerprint density at radius 3 is 2.60 bits per heavy atom. The number of nitrogens with one attached hydrogen (secondary N) is 2. The topological polar surface area (TPSA) is 142 Å². The highest BCUT2D eigenvalue weighted by Gasteiger charge is 2.20. The molecule has 0 aromatic heterocycles. The van der Waals surface area contributed by atoms with E-state index in [0.717, 1.165) is 18.2 Å². The number of hydrogen-bond donors (Lipinski definition) is 4. The van der Waals surface area contributed by atoms with Crippen LogP contribution in [0.25, 0.3) is 0 Å². The molecule has 2 amide bonds. The minimum absolute atomic E-state index is 0.446. The highest BCUT2D eigenvalue weighted by Crippen LogP contribution is 2.20. The number of amides is 2. The average molecular weight is 287 g/mol. The van der Waals surface area contributed by atoms with Gasteiger partial charge in [0.25, 0.3) is 5.69 Å². The van der Waals surface area contributed by atoms with Crippen molar-refractivity contribution in [3.63, 3.8) is 0 Å². The van der Waals surface area contributed by atoms with Crippen molar-refractivity contribution in [2.75, 3.05) is 11.9 Å². The molecule has 0 saturated carbocycles. The zero-order chi connectivity index (χ0) is 15.3. The van der Waals surface area contributed by atoms with Crippen LogP contribution in [-0.4, -0.2) is 39.8 Å². The summed E-state index contributed by atoms with van der Waals surface area (Å²) >= 11 is 0. The smallest absolute Gasteiger partial charge is 0.328 e. The number of benzene rings is 1. The van der Waals surface area contributed by atoms with E-state index >= 15 is 0 Å². The van der Waals surface area contributed by atoms with Gasteiger partial charge in [0.2, 0.25) is 0 Å². The summed E-state index contributed by atoms with van der Waals surface area (Å²) < 4.78 is 13.3. The maximum atomic E-state index is 13.3. The Kier molecular flexibility index (Phi) is 4.92. The number of anilines is 1. The summed E-state index contributed by atoms with van der Waals surface area (Å²) in [7, 11) is 0. The Morgan fingerprint density at radius 1 is 1.45 bits per heavy atom. The fourth-order valence-corrected chi connectivity index (χ4v) is 1.22. The van der Waals surface area contributed by atoms with Gasteiger partial charge in [-0.1, -0.05) is 0 Å². The normalized spacial score (nSPS) is 11.5. The van der Waals surface area contributed by atoms with Gasteiger partial charge in [0.05, 0.1) is 17.2 Å². The van der Waals surface area contributed by atoms with E-state index in [9.17, 15) is 24.1 Å². The van der Waals surface area contributed by atoms with Gasteiger partial charge in [-0.15, -0.1) is 0 Å². The van der Waals surface area contributed by atoms with E-state index in [0.29, 0.717) is 0 Å². The molecule has 0 aliphatic carbocycles. The zero-order valence-electron chi connectivity index (χ0n) is 9.87. The van der Waals surface area contributed by atoms with Gasteiger partial charge in [-0.25, -0.2) is 14.0 Å². The lowest BCUT2D eigenvalue weighted by atomic mass is 10.2. The number of carboxylic acid groups (broad SMARTS) is 1. The molecular weight excluding hydrogens is 277 g/mol. The van der Waals surface area contributed by atoms with Gasteiger partial charge in [-0.3, -0.25) is 10.1 Å². The molecule has 4 N–H and O–H groups in total. The van der Waals surface area contributed by atoms with E-state index in [1.807, 2.05) is 10.6 Å². The van der Waals surface area contributed by atoms with Crippen molar-refractivity contribution in [3.8, 4) is 0 Å². The minimum Gasteiger partial charge on any atom is -0.480 e. The van der Waals surface area contributed by atoms with Crippen LogP contribution in [-0.2, 0) is 4.79 Å². The number of aliphatic carboxylic acids is 1. The highest BCUT2D eigenvalue weighted by atomic mass is 19.1. The standard InChI is InChI=1S/C10H10FN3O6/c11-6-2-1-5(14(19)20)3-7(6)12-10(18)13-8(4-15)9(16)17/h1-3,8,15H,4H2,(H,16,17)(H2,12,13,18)/t8-/m0/s1. The monoisotopic (exact) mass is 287 g/mol. The lowest BCUT2D eigenvalue weighted by molar-refractivity contribution is -0.384. The Hall–Kier alpha value is -2.75. The number of hydrogen-bond acceptors (Lipinski definition) is 5. The number of carboxylic acids is 1. The van der Waals surface area contributed by atoms with Crippen molar-refractivity contribution in [1.29, 1.82) is 0 Å². The van der Waals surface area contributed by atoms with Gasteiger partial charge in [-0.05, 0) is 6.07 Å². The van der Waals surface area contributed by atoms with Crippen LogP contribution in [0.5, 0.6) is 0 Å². The van der Waals surface area contributed by atoms with Crippen molar-refractivity contribution < 1.29 is 29.1 Å². The van der Waals surface area contributed by atoms with Gasteiger partial charge in [0, 0.05) is 12.1 Å². The number of carbonyl (C=O) groups is 2. The molecule has 20 heavy (non-hydrogen) atoms. The second-order valence-corrected chi connectivity index (χ2v) is 3.59. The maximum absolute atomic E-state index is 13.3. The van der Waals surface area contributed by atoms with E-state index in [4.69, 9.17) is 10.2 Å². The number of rotatable bonds is 5. The number of halogens is 1. The van der Waals surface area contributed by atoms with Gasteiger partial charge < -0.3 is 20.8 Å². The molecule has 0 radical (unpaired) electrons. The van der Waals surface area contributed by atoms with Gasteiger partial charge in [0.1, 0.15) is 5.82 Å². The van der Waals surface area contributed by atoms with Crippen molar-refractivity contribution >= 4 is 23.4 Å². The molecule has 0 spiro atoms. The fraction of sp³-hybridized carbons (Fsp3) is 0.200. The fourth-order valence-electron chi connectivity index (χ4n) is 1.22. The Balaban J connectivity index is 2.82. The van der Waals surface area contributed by atoms with Crippen LogP contribution in [0.3, 0.4) is 0 Å². The molecule has 0 saturated heterocycles. The first-order valence-corrected chi connectivity index (χ1v) is 5.20. The molecule has 10 heteroatoms. The van der Waals surface area contributed by atoms with Crippen LogP contribution in [0, 0.1) is 15.9 Å². The third kappa shape index (κ3) is 3.88. The van der Waals surface area contributed by atoms with E-state index in [-0.39, 0.29) is 0 Å². The summed E-state index contributed by atoms with van der Waals surface area (Å²) in [5.74, 6) is -2.41. The van der Waals surface area contributed by atoms with Crippen LogP contribution in [0.15, 0.2) is 18.2 Å². The van der Waals surface area contributed by atoms with E-state index in [1.54, 1.807) is 0 Å². The average Bonchev–Trinajstić information content (AvgIpc) is 2.37. The van der Waals surface area contributed by atoms with Crippen LogP contribution in [0.1, 0.15) is 0 Å². The molecule has 0 unspecified atom stereocenters. The molecule has 0 bridgehead atoms. The number of nitrogens with zero attached hydrogens (tertiary/aromatic N) is 1. The highest BCUT2D eigenvalue weighted by molar-refractivity contribution is 5.92. The minimum atomic E-state index is -1.57. The molecule has 0 aliphatic rings. The summed E-state index contributed by atoms with van der Waals surface area (Å²) in [6, 6.07) is -0.216. The Labute approximate surface area is 111 Å². The van der Waals surface area contributed by atoms with E-state index in [1.165, 1.54) is 0 Å². The van der Waals surface area contributed by atoms with E-state index in [2.05, 4.69) is 0 Å². The summed E-state index contributed by atoms with van der Waals surface area (Å²) in [6.45, 7) is -0.861. The number of non-ortho nitro benzene ring substituents is 1.